The third-order valence-corrected chi connectivity index (χ3v) is 5.50. The molecule has 0 spiro atoms. The SMILES string of the molecule is [B][N+]12CCC(CC1)C(Cn1c(=O)[nH]c3cc(C)ccc31)C2. The second-order valence-corrected chi connectivity index (χ2v) is 7.01. The summed E-state index contributed by atoms with van der Waals surface area (Å²) >= 11 is 0. The number of nitrogens with zero attached hydrogens (tertiary/aromatic N) is 2. The van der Waals surface area contributed by atoms with Gasteiger partial charge in [-0.05, 0) is 43.4 Å². The van der Waals surface area contributed by atoms with Gasteiger partial charge in [-0.2, -0.15) is 0 Å². The van der Waals surface area contributed by atoms with Crippen LogP contribution in [0.5, 0.6) is 0 Å². The summed E-state index contributed by atoms with van der Waals surface area (Å²) in [5, 5.41) is 0. The van der Waals surface area contributed by atoms with Crippen molar-refractivity contribution >= 4 is 19.0 Å². The van der Waals surface area contributed by atoms with Crippen molar-refractivity contribution in [1.82, 2.24) is 9.55 Å². The van der Waals surface area contributed by atoms with Crippen molar-refractivity contribution in [3.8, 4) is 0 Å². The van der Waals surface area contributed by atoms with Crippen molar-refractivity contribution in [3.05, 3.63) is 34.2 Å². The molecule has 1 N–H and O–H groups in total. The Morgan fingerprint density at radius 1 is 1.38 bits per heavy atom. The van der Waals surface area contributed by atoms with Crippen LogP contribution in [0.4, 0.5) is 0 Å². The highest BCUT2D eigenvalue weighted by Crippen LogP contribution is 2.37. The molecule has 0 saturated carbocycles. The van der Waals surface area contributed by atoms with Crippen molar-refractivity contribution in [2.45, 2.75) is 26.3 Å². The van der Waals surface area contributed by atoms with E-state index in [1.165, 1.54) is 18.4 Å². The lowest BCUT2D eigenvalue weighted by Crippen LogP contribution is -2.61. The molecule has 4 nitrogen and oxygen atoms in total. The zero-order chi connectivity index (χ0) is 14.6. The zero-order valence-electron chi connectivity index (χ0n) is 12.5. The van der Waals surface area contributed by atoms with Gasteiger partial charge < -0.3 is 9.38 Å². The Kier molecular flexibility index (Phi) is 2.83. The van der Waals surface area contributed by atoms with Gasteiger partial charge in [0.05, 0.1) is 30.7 Å². The van der Waals surface area contributed by atoms with Crippen molar-refractivity contribution in [1.29, 1.82) is 0 Å². The number of aryl methyl sites for hydroxylation is 1. The predicted molar refractivity (Wildman–Crippen MR) is 84.1 cm³/mol. The van der Waals surface area contributed by atoms with E-state index in [-0.39, 0.29) is 5.69 Å². The summed E-state index contributed by atoms with van der Waals surface area (Å²) in [6.45, 7) is 6.05. The van der Waals surface area contributed by atoms with Gasteiger partial charge in [0.15, 0.2) is 0 Å². The molecular formula is C16H21BN3O+. The van der Waals surface area contributed by atoms with E-state index in [0.29, 0.717) is 10.3 Å². The Labute approximate surface area is 125 Å². The maximum absolute atomic E-state index is 12.3. The van der Waals surface area contributed by atoms with E-state index in [2.05, 4.69) is 17.1 Å². The van der Waals surface area contributed by atoms with Gasteiger partial charge in [-0.15, -0.1) is 0 Å². The summed E-state index contributed by atoms with van der Waals surface area (Å²) in [4.78, 5) is 15.3. The van der Waals surface area contributed by atoms with Crippen molar-refractivity contribution in [2.24, 2.45) is 11.8 Å². The van der Waals surface area contributed by atoms with Gasteiger partial charge in [-0.25, -0.2) is 4.79 Å². The topological polar surface area (TPSA) is 37.8 Å². The number of fused-ring (bicyclic) bond motifs is 4. The minimum Gasteiger partial charge on any atom is -0.396 e. The number of nitrogens with one attached hydrogen (secondary N) is 1. The van der Waals surface area contributed by atoms with E-state index < -0.39 is 0 Å². The Morgan fingerprint density at radius 3 is 2.86 bits per heavy atom. The molecule has 5 heteroatoms. The van der Waals surface area contributed by atoms with E-state index >= 15 is 0 Å². The number of piperidine rings is 3. The molecule has 3 saturated heterocycles. The summed E-state index contributed by atoms with van der Waals surface area (Å²) < 4.78 is 2.62. The van der Waals surface area contributed by atoms with Gasteiger partial charge in [0.1, 0.15) is 0 Å². The Balaban J connectivity index is 1.69. The van der Waals surface area contributed by atoms with Gasteiger partial charge in [-0.3, -0.25) is 4.57 Å². The van der Waals surface area contributed by atoms with Crippen molar-refractivity contribution in [3.63, 3.8) is 0 Å². The zero-order valence-corrected chi connectivity index (χ0v) is 12.5. The summed E-state index contributed by atoms with van der Waals surface area (Å²) in [7, 11) is 6.43. The third kappa shape index (κ3) is 2.15. The van der Waals surface area contributed by atoms with Crippen LogP contribution in [0.1, 0.15) is 18.4 Å². The van der Waals surface area contributed by atoms with E-state index in [1.807, 2.05) is 17.6 Å². The Bertz CT molecular complexity index is 740. The molecule has 108 valence electrons. The summed E-state index contributed by atoms with van der Waals surface area (Å²) in [5.74, 6) is 1.26. The van der Waals surface area contributed by atoms with Crippen LogP contribution in [0.2, 0.25) is 0 Å². The van der Waals surface area contributed by atoms with Crippen LogP contribution in [0.15, 0.2) is 23.0 Å². The highest BCUT2D eigenvalue weighted by atomic mass is 16.1. The average molecular weight is 282 g/mol. The number of hydrogen-bond donors (Lipinski definition) is 1. The molecule has 2 aromatic rings. The fraction of sp³-hybridized carbons (Fsp3) is 0.562. The largest absolute Gasteiger partial charge is 0.481 e. The van der Waals surface area contributed by atoms with Crippen LogP contribution in [0.25, 0.3) is 11.0 Å². The maximum atomic E-state index is 12.3. The van der Waals surface area contributed by atoms with Gasteiger partial charge in [0.2, 0.25) is 0 Å². The fourth-order valence-corrected chi connectivity index (χ4v) is 4.27. The highest BCUT2D eigenvalue weighted by Gasteiger charge is 2.43. The lowest BCUT2D eigenvalue weighted by molar-refractivity contribution is -0.841. The molecule has 21 heavy (non-hydrogen) atoms. The lowest BCUT2D eigenvalue weighted by atomic mass is 9.75. The number of benzene rings is 1. The van der Waals surface area contributed by atoms with Crippen LogP contribution in [-0.2, 0) is 6.54 Å². The number of aromatic nitrogens is 2. The molecule has 2 bridgehead atoms. The van der Waals surface area contributed by atoms with Crippen molar-refractivity contribution in [2.75, 3.05) is 19.6 Å². The van der Waals surface area contributed by atoms with Crippen LogP contribution in [0, 0.1) is 18.8 Å². The molecule has 3 aliphatic heterocycles. The van der Waals surface area contributed by atoms with Gasteiger partial charge in [0, 0.05) is 12.5 Å². The summed E-state index contributed by atoms with van der Waals surface area (Å²) in [5.41, 5.74) is 3.14. The molecule has 5 rings (SSSR count). The molecule has 2 radical (unpaired) electrons. The monoisotopic (exact) mass is 282 g/mol. The number of H-pyrrole nitrogens is 1. The van der Waals surface area contributed by atoms with Gasteiger partial charge in [0.25, 0.3) is 0 Å². The average Bonchev–Trinajstić information content (AvgIpc) is 2.74. The first-order chi connectivity index (χ1) is 10.0. The van der Waals surface area contributed by atoms with Gasteiger partial charge in [-0.1, -0.05) is 6.07 Å². The van der Waals surface area contributed by atoms with Crippen LogP contribution in [0.3, 0.4) is 0 Å². The van der Waals surface area contributed by atoms with Crippen LogP contribution in [-0.4, -0.2) is 41.6 Å². The minimum absolute atomic E-state index is 0.00983. The number of aromatic amines is 1. The predicted octanol–water partition coefficient (Wildman–Crippen LogP) is 1.58. The smallest absolute Gasteiger partial charge is 0.396 e. The number of rotatable bonds is 2. The minimum atomic E-state index is 0.00983. The first kappa shape index (κ1) is 13.2. The molecule has 0 aliphatic carbocycles. The normalized spacial score (nSPS) is 31.9. The van der Waals surface area contributed by atoms with E-state index in [9.17, 15) is 4.79 Å². The third-order valence-electron chi connectivity index (χ3n) is 5.50. The number of hydrogen-bond acceptors (Lipinski definition) is 1. The summed E-state index contributed by atoms with van der Waals surface area (Å²) in [6.07, 6.45) is 2.41. The standard InChI is InChI=1S/C16H21BN3O/c1-11-2-3-15-14(8-11)18-16(21)19(15)9-13-10-20(17)6-4-12(13)5-7-20/h2-3,8,12-13H,4-7,9-10H2,1H3,(H,18,21)/q+1. The molecular weight excluding hydrogens is 261 g/mol. The van der Waals surface area contributed by atoms with E-state index in [0.717, 1.165) is 43.1 Å². The Morgan fingerprint density at radius 2 is 2.14 bits per heavy atom. The van der Waals surface area contributed by atoms with E-state index in [1.54, 1.807) is 0 Å². The fourth-order valence-electron chi connectivity index (χ4n) is 4.27. The molecule has 1 aromatic carbocycles. The first-order valence-electron chi connectivity index (χ1n) is 7.88. The molecule has 0 amide bonds. The molecule has 3 aliphatic rings. The lowest BCUT2D eigenvalue weighted by Gasteiger charge is -2.51. The second-order valence-electron chi connectivity index (χ2n) is 7.01. The number of imidazole rings is 1. The van der Waals surface area contributed by atoms with Crippen LogP contribution >= 0.6 is 0 Å². The summed E-state index contributed by atoms with van der Waals surface area (Å²) in [6, 6.07) is 6.16. The van der Waals surface area contributed by atoms with Gasteiger partial charge >= 0.3 is 13.7 Å². The molecule has 1 atom stereocenters. The Hall–Kier alpha value is -1.49. The quantitative estimate of drug-likeness (QED) is 0.834. The first-order valence-corrected chi connectivity index (χ1v) is 7.88. The molecule has 1 unspecified atom stereocenters. The highest BCUT2D eigenvalue weighted by molar-refractivity contribution is 5.97. The molecule has 4 heterocycles. The number of quaternary nitrogens is 1. The van der Waals surface area contributed by atoms with Crippen molar-refractivity contribution < 1.29 is 4.39 Å². The van der Waals surface area contributed by atoms with E-state index in [4.69, 9.17) is 7.98 Å². The second kappa shape index (κ2) is 4.50. The maximum Gasteiger partial charge on any atom is 0.481 e. The van der Waals surface area contributed by atoms with Crippen LogP contribution < -0.4 is 5.69 Å². The molecule has 3 fully saturated rings. The molecule has 1 aromatic heterocycles.